The number of hydrogen-bond acceptors (Lipinski definition) is 4. The van der Waals surface area contributed by atoms with Crippen molar-refractivity contribution < 1.29 is 32.5 Å². The van der Waals surface area contributed by atoms with Crippen molar-refractivity contribution in [3.63, 3.8) is 0 Å². The Kier molecular flexibility index (Phi) is 5.89. The largest absolute Gasteiger partial charge is 0.497 e. The summed E-state index contributed by atoms with van der Waals surface area (Å²) >= 11 is 0. The van der Waals surface area contributed by atoms with E-state index in [9.17, 15) is 23.1 Å². The van der Waals surface area contributed by atoms with E-state index in [-0.39, 0.29) is 30.6 Å². The topological polar surface area (TPSA) is 55.8 Å². The Balaban J connectivity index is 1.62. The lowest BCUT2D eigenvalue weighted by atomic mass is 9.62. The van der Waals surface area contributed by atoms with Gasteiger partial charge in [-0.1, -0.05) is 31.1 Å². The zero-order chi connectivity index (χ0) is 25.0. The fraction of sp³-hybridized carbons (Fsp3) is 0.536. The van der Waals surface area contributed by atoms with E-state index in [0.717, 1.165) is 22.3 Å². The third kappa shape index (κ3) is 4.11. The summed E-state index contributed by atoms with van der Waals surface area (Å²) in [5, 5.41) is 11.5. The fourth-order valence-electron chi connectivity index (χ4n) is 6.64. The van der Waals surface area contributed by atoms with E-state index in [1.54, 1.807) is 7.11 Å². The normalized spacial score (nSPS) is 34.6. The molecule has 5 atom stereocenters. The number of ether oxygens (including phenoxy) is 2. The highest BCUT2D eigenvalue weighted by Crippen LogP contribution is 2.61. The Bertz CT molecular complexity index is 1150. The lowest BCUT2D eigenvalue weighted by molar-refractivity contribution is -0.118. The SMILES string of the molecule is COc1ccc(C2OC[C@@]3(C)C(CC[C@@]3(O)C#CC(F)(F)F)C3CC=C4CC(=O)CCC4=C23)cc1. The Labute approximate surface area is 203 Å². The Morgan fingerprint density at radius 1 is 1.20 bits per heavy atom. The van der Waals surface area contributed by atoms with Crippen molar-refractivity contribution in [2.24, 2.45) is 17.3 Å². The van der Waals surface area contributed by atoms with Gasteiger partial charge in [0.05, 0.1) is 13.7 Å². The van der Waals surface area contributed by atoms with E-state index >= 15 is 0 Å². The van der Waals surface area contributed by atoms with Gasteiger partial charge < -0.3 is 14.6 Å². The summed E-state index contributed by atoms with van der Waals surface area (Å²) in [4.78, 5) is 12.2. The first-order chi connectivity index (χ1) is 16.5. The quantitative estimate of drug-likeness (QED) is 0.563. The Morgan fingerprint density at radius 2 is 1.94 bits per heavy atom. The second-order valence-electron chi connectivity index (χ2n) is 10.4. The number of aliphatic hydroxyl groups is 1. The van der Waals surface area contributed by atoms with Gasteiger partial charge in [0.1, 0.15) is 23.2 Å². The molecule has 1 N–H and O–H groups in total. The van der Waals surface area contributed by atoms with Crippen LogP contribution in [0.3, 0.4) is 0 Å². The van der Waals surface area contributed by atoms with Gasteiger partial charge in [-0.25, -0.2) is 0 Å². The number of rotatable bonds is 2. The first-order valence-electron chi connectivity index (χ1n) is 12.1. The smallest absolute Gasteiger partial charge is 0.457 e. The van der Waals surface area contributed by atoms with Crippen LogP contribution in [0.25, 0.3) is 0 Å². The fourth-order valence-corrected chi connectivity index (χ4v) is 6.64. The Morgan fingerprint density at radius 3 is 2.63 bits per heavy atom. The minimum atomic E-state index is -4.67. The van der Waals surface area contributed by atoms with E-state index < -0.39 is 23.3 Å². The van der Waals surface area contributed by atoms with Crippen molar-refractivity contribution in [2.45, 2.75) is 63.3 Å². The molecule has 3 aliphatic carbocycles. The predicted octanol–water partition coefficient (Wildman–Crippen LogP) is 5.48. The van der Waals surface area contributed by atoms with Crippen molar-refractivity contribution in [1.82, 2.24) is 0 Å². The van der Waals surface area contributed by atoms with Crippen LogP contribution in [0.1, 0.15) is 57.1 Å². The average Bonchev–Trinajstić information content (AvgIpc) is 2.99. The molecule has 0 spiro atoms. The predicted molar refractivity (Wildman–Crippen MR) is 123 cm³/mol. The lowest BCUT2D eigenvalue weighted by Crippen LogP contribution is -2.48. The van der Waals surface area contributed by atoms with Gasteiger partial charge in [-0.05, 0) is 71.9 Å². The molecule has 35 heavy (non-hydrogen) atoms. The van der Waals surface area contributed by atoms with Crippen LogP contribution < -0.4 is 4.74 Å². The molecule has 0 amide bonds. The number of allylic oxidation sites excluding steroid dienone is 3. The third-order valence-electron chi connectivity index (χ3n) is 8.52. The van der Waals surface area contributed by atoms with E-state index in [1.165, 1.54) is 5.92 Å². The average molecular weight is 487 g/mol. The molecule has 4 aliphatic rings. The molecule has 1 heterocycles. The zero-order valence-corrected chi connectivity index (χ0v) is 19.9. The van der Waals surface area contributed by atoms with Gasteiger partial charge in [0.25, 0.3) is 0 Å². The number of ketones is 1. The van der Waals surface area contributed by atoms with E-state index in [2.05, 4.69) is 12.0 Å². The molecule has 0 radical (unpaired) electrons. The number of benzene rings is 1. The summed E-state index contributed by atoms with van der Waals surface area (Å²) < 4.78 is 50.7. The minimum absolute atomic E-state index is 0.0109. The van der Waals surface area contributed by atoms with Crippen LogP contribution in [0, 0.1) is 29.1 Å². The van der Waals surface area contributed by atoms with E-state index in [4.69, 9.17) is 9.47 Å². The molecule has 3 fully saturated rings. The minimum Gasteiger partial charge on any atom is -0.497 e. The first-order valence-corrected chi connectivity index (χ1v) is 12.1. The second kappa shape index (κ2) is 8.53. The summed E-state index contributed by atoms with van der Waals surface area (Å²) in [7, 11) is 1.60. The molecule has 5 rings (SSSR count). The molecule has 7 heteroatoms. The number of methoxy groups -OCH3 is 1. The van der Waals surface area contributed by atoms with Crippen LogP contribution in [0.4, 0.5) is 13.2 Å². The van der Waals surface area contributed by atoms with Crippen molar-refractivity contribution >= 4 is 5.78 Å². The van der Waals surface area contributed by atoms with Gasteiger partial charge in [-0.15, -0.1) is 0 Å². The van der Waals surface area contributed by atoms with Crippen LogP contribution in [-0.4, -0.2) is 36.4 Å². The summed E-state index contributed by atoms with van der Waals surface area (Å²) in [6.07, 6.45) is -0.0643. The summed E-state index contributed by atoms with van der Waals surface area (Å²) in [5.41, 5.74) is 1.45. The van der Waals surface area contributed by atoms with Gasteiger partial charge in [-0.3, -0.25) is 4.79 Å². The number of fused-ring (bicyclic) bond motifs is 4. The van der Waals surface area contributed by atoms with E-state index in [1.807, 2.05) is 31.2 Å². The molecule has 4 nitrogen and oxygen atoms in total. The van der Waals surface area contributed by atoms with Gasteiger partial charge in [0, 0.05) is 24.2 Å². The number of carbonyl (C=O) groups is 1. The number of halogens is 3. The Hall–Kier alpha value is -2.56. The van der Waals surface area contributed by atoms with Crippen LogP contribution >= 0.6 is 0 Å². The van der Waals surface area contributed by atoms with Gasteiger partial charge >= 0.3 is 6.18 Å². The number of carbonyl (C=O) groups excluding carboxylic acids is 1. The van der Waals surface area contributed by atoms with Crippen LogP contribution in [0.15, 0.2) is 47.1 Å². The molecule has 186 valence electrons. The molecule has 0 bridgehead atoms. The van der Waals surface area contributed by atoms with Crippen molar-refractivity contribution in [2.75, 3.05) is 13.7 Å². The maximum absolute atomic E-state index is 13.0. The standard InChI is InChI=1S/C28H29F3O4/c1-26-16-35-25(17-3-7-20(34-2)8-4-17)24-21-10-6-19(32)15-18(21)5-9-22(24)23(26)11-12-27(26,33)13-14-28(29,30)31/h3-5,7-8,22-23,25,33H,6,9-12,15-16H2,1-2H3/t22?,23?,25?,26-,27+/m0/s1. The molecule has 3 unspecified atom stereocenters. The molecular formula is C28H29F3O4. The zero-order valence-electron chi connectivity index (χ0n) is 19.9. The molecular weight excluding hydrogens is 457 g/mol. The first kappa shape index (κ1) is 24.1. The molecule has 1 aromatic rings. The highest BCUT2D eigenvalue weighted by Gasteiger charge is 2.61. The van der Waals surface area contributed by atoms with Crippen molar-refractivity contribution in [3.05, 3.63) is 52.6 Å². The molecule has 1 aromatic carbocycles. The lowest BCUT2D eigenvalue weighted by Gasteiger charge is -2.42. The highest BCUT2D eigenvalue weighted by molar-refractivity contribution is 5.84. The van der Waals surface area contributed by atoms with Crippen molar-refractivity contribution in [1.29, 1.82) is 0 Å². The second-order valence-corrected chi connectivity index (χ2v) is 10.4. The maximum Gasteiger partial charge on any atom is 0.457 e. The molecule has 0 aromatic heterocycles. The highest BCUT2D eigenvalue weighted by atomic mass is 19.4. The van der Waals surface area contributed by atoms with Crippen molar-refractivity contribution in [3.8, 4) is 17.6 Å². The molecule has 1 aliphatic heterocycles. The maximum atomic E-state index is 13.0. The van der Waals surface area contributed by atoms with Crippen LogP contribution in [0.2, 0.25) is 0 Å². The van der Waals surface area contributed by atoms with E-state index in [0.29, 0.717) is 37.9 Å². The summed E-state index contributed by atoms with van der Waals surface area (Å²) in [5.74, 6) is 4.35. The van der Waals surface area contributed by atoms with Gasteiger partial charge in [0.15, 0.2) is 0 Å². The monoisotopic (exact) mass is 486 g/mol. The summed E-state index contributed by atoms with van der Waals surface area (Å²) in [6, 6.07) is 7.61. The molecule has 1 saturated heterocycles. The summed E-state index contributed by atoms with van der Waals surface area (Å²) in [6.45, 7) is 1.90. The number of alkyl halides is 3. The van der Waals surface area contributed by atoms with Crippen LogP contribution in [0.5, 0.6) is 5.75 Å². The van der Waals surface area contributed by atoms with Gasteiger partial charge in [0.2, 0.25) is 0 Å². The van der Waals surface area contributed by atoms with Gasteiger partial charge in [-0.2, -0.15) is 13.2 Å². The third-order valence-corrected chi connectivity index (χ3v) is 8.52. The number of hydrogen-bond donors (Lipinski definition) is 1. The number of Topliss-reactive ketones (excluding diaryl/α,β-unsaturated/α-hetero) is 1. The van der Waals surface area contributed by atoms with Crippen LogP contribution in [-0.2, 0) is 9.53 Å². The molecule has 2 saturated carbocycles.